The van der Waals surface area contributed by atoms with E-state index in [9.17, 15) is 5.26 Å². The second kappa shape index (κ2) is 12.0. The van der Waals surface area contributed by atoms with E-state index >= 15 is 0 Å². The second-order valence-electron chi connectivity index (χ2n) is 13.3. The molecular weight excluding hydrogens is 631 g/mol. The normalized spacial score (nSPS) is 11.4. The number of hydrogen-bond acceptors (Lipinski definition) is 1. The van der Waals surface area contributed by atoms with Crippen LogP contribution in [0.1, 0.15) is 5.56 Å². The summed E-state index contributed by atoms with van der Waals surface area (Å²) in [7, 11) is 0. The van der Waals surface area contributed by atoms with Crippen molar-refractivity contribution in [2.24, 2.45) is 0 Å². The highest BCUT2D eigenvalue weighted by atomic mass is 15.0. The third kappa shape index (κ3) is 4.81. The van der Waals surface area contributed by atoms with Gasteiger partial charge in [-0.25, -0.2) is 0 Å². The maximum atomic E-state index is 9.37. The Kier molecular flexibility index (Phi) is 6.87. The van der Waals surface area contributed by atoms with Crippen molar-refractivity contribution in [3.63, 3.8) is 0 Å². The summed E-state index contributed by atoms with van der Waals surface area (Å²) in [5.74, 6) is 0. The first-order chi connectivity index (χ1) is 25.7. The lowest BCUT2D eigenvalue weighted by Gasteiger charge is -2.10. The van der Waals surface area contributed by atoms with Gasteiger partial charge in [0.2, 0.25) is 0 Å². The number of benzene rings is 8. The molecule has 0 aliphatic carbocycles. The molecule has 0 fully saturated rings. The Balaban J connectivity index is 1.14. The van der Waals surface area contributed by atoms with E-state index in [0.29, 0.717) is 5.56 Å². The Morgan fingerprint density at radius 3 is 1.48 bits per heavy atom. The molecule has 0 N–H and O–H groups in total. The molecule has 10 aromatic rings. The van der Waals surface area contributed by atoms with Crippen LogP contribution in [0.3, 0.4) is 0 Å². The van der Waals surface area contributed by atoms with Gasteiger partial charge in [-0.15, -0.1) is 0 Å². The quantitative estimate of drug-likeness (QED) is 0.181. The molecule has 0 bridgehead atoms. The lowest BCUT2D eigenvalue weighted by Crippen LogP contribution is -1.94. The summed E-state index contributed by atoms with van der Waals surface area (Å²) in [6.45, 7) is 0. The lowest BCUT2D eigenvalue weighted by molar-refractivity contribution is 1.18. The number of hydrogen-bond donors (Lipinski definition) is 0. The fraction of sp³-hybridized carbons (Fsp3) is 0. The minimum Gasteiger partial charge on any atom is -0.309 e. The van der Waals surface area contributed by atoms with Crippen molar-refractivity contribution in [1.82, 2.24) is 9.13 Å². The Hall–Kier alpha value is -7.15. The van der Waals surface area contributed by atoms with Crippen LogP contribution in [-0.2, 0) is 0 Å². The fourth-order valence-electron chi connectivity index (χ4n) is 7.86. The predicted molar refractivity (Wildman–Crippen MR) is 216 cm³/mol. The summed E-state index contributed by atoms with van der Waals surface area (Å²) in [6, 6.07) is 69.3. The molecule has 0 spiro atoms. The average Bonchev–Trinajstić information content (AvgIpc) is 3.73. The molecule has 0 atom stereocenters. The molecule has 0 saturated heterocycles. The SMILES string of the molecule is N#Cc1ccc(-n2c3ccccc3c3cc(-c4ccc5c(c4)c4ccc(-c6cccc(-c7ccccc7)c6)cc4n5-c4ccccc4)ccc32)cc1. The molecule has 0 aliphatic rings. The monoisotopic (exact) mass is 661 g/mol. The van der Waals surface area contributed by atoms with Crippen molar-refractivity contribution in [1.29, 1.82) is 5.26 Å². The highest BCUT2D eigenvalue weighted by molar-refractivity contribution is 6.13. The van der Waals surface area contributed by atoms with Gasteiger partial charge in [0.1, 0.15) is 0 Å². The van der Waals surface area contributed by atoms with Gasteiger partial charge in [0.05, 0.1) is 33.7 Å². The number of nitriles is 1. The largest absolute Gasteiger partial charge is 0.309 e. The van der Waals surface area contributed by atoms with Crippen molar-refractivity contribution in [3.05, 3.63) is 194 Å². The van der Waals surface area contributed by atoms with Crippen molar-refractivity contribution < 1.29 is 0 Å². The molecule has 3 heteroatoms. The minimum absolute atomic E-state index is 0.657. The summed E-state index contributed by atoms with van der Waals surface area (Å²) >= 11 is 0. The molecule has 0 unspecified atom stereocenters. The first-order valence-electron chi connectivity index (χ1n) is 17.6. The number of nitrogens with zero attached hydrogens (tertiary/aromatic N) is 3. The zero-order chi connectivity index (χ0) is 34.6. The Morgan fingerprint density at radius 2 is 0.788 bits per heavy atom. The third-order valence-electron chi connectivity index (χ3n) is 10.3. The van der Waals surface area contributed by atoms with Gasteiger partial charge in [-0.3, -0.25) is 0 Å². The van der Waals surface area contributed by atoms with Gasteiger partial charge in [0.15, 0.2) is 0 Å². The maximum Gasteiger partial charge on any atom is 0.0991 e. The second-order valence-corrected chi connectivity index (χ2v) is 13.3. The van der Waals surface area contributed by atoms with Gasteiger partial charge in [-0.1, -0.05) is 109 Å². The molecule has 0 saturated carbocycles. The fourth-order valence-corrected chi connectivity index (χ4v) is 7.86. The molecule has 242 valence electrons. The van der Waals surface area contributed by atoms with Crippen molar-refractivity contribution >= 4 is 43.6 Å². The summed E-state index contributed by atoms with van der Waals surface area (Å²) in [5, 5.41) is 14.2. The molecule has 52 heavy (non-hydrogen) atoms. The van der Waals surface area contributed by atoms with Crippen LogP contribution in [0.4, 0.5) is 0 Å². The van der Waals surface area contributed by atoms with E-state index < -0.39 is 0 Å². The lowest BCUT2D eigenvalue weighted by atomic mass is 9.97. The van der Waals surface area contributed by atoms with Crippen LogP contribution in [0.2, 0.25) is 0 Å². The first-order valence-corrected chi connectivity index (χ1v) is 17.6. The summed E-state index contributed by atoms with van der Waals surface area (Å²) in [4.78, 5) is 0. The number of aromatic nitrogens is 2. The Bertz CT molecular complexity index is 3000. The summed E-state index contributed by atoms with van der Waals surface area (Å²) < 4.78 is 4.69. The molecule has 3 nitrogen and oxygen atoms in total. The van der Waals surface area contributed by atoms with Gasteiger partial charge < -0.3 is 9.13 Å². The zero-order valence-electron chi connectivity index (χ0n) is 28.2. The first kappa shape index (κ1) is 29.7. The molecular formula is C49H31N3. The van der Waals surface area contributed by atoms with Crippen molar-refractivity contribution in [3.8, 4) is 50.8 Å². The van der Waals surface area contributed by atoms with Gasteiger partial charge in [0, 0.05) is 32.9 Å². The molecule has 2 heterocycles. The maximum absolute atomic E-state index is 9.37. The average molecular weight is 662 g/mol. The molecule has 0 amide bonds. The van der Waals surface area contributed by atoms with Crippen LogP contribution in [0.25, 0.3) is 88.4 Å². The highest BCUT2D eigenvalue weighted by Gasteiger charge is 2.17. The topological polar surface area (TPSA) is 33.6 Å². The standard InChI is InChI=1S/C49H31N3/c50-32-33-18-23-41(24-19-33)51-46-17-8-7-16-42(46)44-29-37(21-26-47(44)51)38-22-27-48-45(30-38)43-25-20-39(31-49(43)52(48)40-14-5-2-6-15-40)36-13-9-12-35(28-36)34-10-3-1-4-11-34/h1-31H. The molecule has 2 aromatic heterocycles. The Morgan fingerprint density at radius 1 is 0.308 bits per heavy atom. The number of fused-ring (bicyclic) bond motifs is 6. The van der Waals surface area contributed by atoms with Gasteiger partial charge in [-0.05, 0) is 112 Å². The van der Waals surface area contributed by atoms with Gasteiger partial charge in [-0.2, -0.15) is 5.26 Å². The summed E-state index contributed by atoms with van der Waals surface area (Å²) in [6.07, 6.45) is 0. The van der Waals surface area contributed by atoms with Gasteiger partial charge in [0.25, 0.3) is 0 Å². The van der Waals surface area contributed by atoms with Crippen LogP contribution in [0.15, 0.2) is 188 Å². The zero-order valence-corrected chi connectivity index (χ0v) is 28.2. The van der Waals surface area contributed by atoms with Crippen LogP contribution in [0, 0.1) is 11.3 Å². The molecule has 0 aliphatic heterocycles. The molecule has 8 aromatic carbocycles. The van der Waals surface area contributed by atoms with E-state index in [4.69, 9.17) is 0 Å². The van der Waals surface area contributed by atoms with E-state index in [-0.39, 0.29) is 0 Å². The van der Waals surface area contributed by atoms with Crippen molar-refractivity contribution in [2.45, 2.75) is 0 Å². The smallest absolute Gasteiger partial charge is 0.0991 e. The Labute approximate surface area is 301 Å². The van der Waals surface area contributed by atoms with Gasteiger partial charge >= 0.3 is 0 Å². The third-order valence-corrected chi connectivity index (χ3v) is 10.3. The highest BCUT2D eigenvalue weighted by Crippen LogP contribution is 2.39. The van der Waals surface area contributed by atoms with E-state index in [1.54, 1.807) is 0 Å². The van der Waals surface area contributed by atoms with Crippen LogP contribution in [0.5, 0.6) is 0 Å². The minimum atomic E-state index is 0.657. The molecule has 0 radical (unpaired) electrons. The van der Waals surface area contributed by atoms with Crippen LogP contribution < -0.4 is 0 Å². The summed E-state index contributed by atoms with van der Waals surface area (Å²) in [5.41, 5.74) is 14.6. The van der Waals surface area contributed by atoms with E-state index in [2.05, 4.69) is 179 Å². The van der Waals surface area contributed by atoms with E-state index in [1.807, 2.05) is 24.3 Å². The number of rotatable bonds is 5. The van der Waals surface area contributed by atoms with E-state index in [0.717, 1.165) is 22.4 Å². The van der Waals surface area contributed by atoms with E-state index in [1.165, 1.54) is 66.0 Å². The predicted octanol–water partition coefficient (Wildman–Crippen LogP) is 12.8. The van der Waals surface area contributed by atoms with Crippen LogP contribution >= 0.6 is 0 Å². The number of para-hydroxylation sites is 2. The van der Waals surface area contributed by atoms with Crippen LogP contribution in [-0.4, -0.2) is 9.13 Å². The molecule has 10 rings (SSSR count). The van der Waals surface area contributed by atoms with Crippen molar-refractivity contribution in [2.75, 3.05) is 0 Å².